The Morgan fingerprint density at radius 2 is 1.57 bits per heavy atom. The Morgan fingerprint density at radius 3 is 2.20 bits per heavy atom. The van der Waals surface area contributed by atoms with E-state index in [4.69, 9.17) is 9.47 Å². The fourth-order valence-corrected chi connectivity index (χ4v) is 4.80. The molecular formula is C28H48O2. The minimum atomic E-state index is -0.00915. The van der Waals surface area contributed by atoms with Crippen LogP contribution in [0.15, 0.2) is 18.2 Å². The predicted octanol–water partition coefficient (Wildman–Crippen LogP) is 8.61. The van der Waals surface area contributed by atoms with Crippen molar-refractivity contribution in [2.24, 2.45) is 17.8 Å². The summed E-state index contributed by atoms with van der Waals surface area (Å²) in [5.74, 6) is 4.61. The molecule has 0 unspecified atom stereocenters. The van der Waals surface area contributed by atoms with Crippen molar-refractivity contribution >= 4 is 0 Å². The van der Waals surface area contributed by atoms with Gasteiger partial charge in [0.25, 0.3) is 0 Å². The third kappa shape index (κ3) is 8.90. The van der Waals surface area contributed by atoms with Crippen LogP contribution in [0.3, 0.4) is 0 Å². The summed E-state index contributed by atoms with van der Waals surface area (Å²) >= 11 is 0. The molecule has 1 aliphatic heterocycles. The Hall–Kier alpha value is -1.18. The maximum absolute atomic E-state index is 6.45. The molecule has 0 N–H and O–H groups in total. The first-order valence-corrected chi connectivity index (χ1v) is 12.8. The maximum atomic E-state index is 6.45. The van der Waals surface area contributed by atoms with Gasteiger partial charge in [0.05, 0.1) is 6.61 Å². The Balaban J connectivity index is 1.63. The third-order valence-corrected chi connectivity index (χ3v) is 6.90. The van der Waals surface area contributed by atoms with Crippen molar-refractivity contribution in [1.29, 1.82) is 0 Å². The van der Waals surface area contributed by atoms with E-state index in [1.165, 1.54) is 56.9 Å². The van der Waals surface area contributed by atoms with E-state index >= 15 is 0 Å². The lowest BCUT2D eigenvalue weighted by atomic mass is 9.86. The quantitative estimate of drug-likeness (QED) is 0.302. The number of aryl methyl sites for hydroxylation is 1. The second kappa shape index (κ2) is 12.6. The first-order chi connectivity index (χ1) is 14.3. The van der Waals surface area contributed by atoms with Gasteiger partial charge in [-0.2, -0.15) is 0 Å². The average molecular weight is 417 g/mol. The second-order valence-corrected chi connectivity index (χ2v) is 10.6. The first kappa shape index (κ1) is 25.1. The smallest absolute Gasteiger partial charge is 0.123 e. The number of hydrogen-bond acceptors (Lipinski definition) is 2. The van der Waals surface area contributed by atoms with Crippen LogP contribution in [0.25, 0.3) is 0 Å². The van der Waals surface area contributed by atoms with E-state index in [0.717, 1.165) is 48.5 Å². The van der Waals surface area contributed by atoms with Crippen LogP contribution in [0, 0.1) is 17.8 Å². The van der Waals surface area contributed by atoms with Gasteiger partial charge in [-0.25, -0.2) is 0 Å². The van der Waals surface area contributed by atoms with Gasteiger partial charge in [-0.05, 0) is 81.0 Å². The molecule has 0 spiro atoms. The normalized spacial score (nSPS) is 20.5. The summed E-state index contributed by atoms with van der Waals surface area (Å²) in [6, 6.07) is 6.30. The minimum absolute atomic E-state index is 0.00915. The number of ether oxygens (including phenoxy) is 2. The summed E-state index contributed by atoms with van der Waals surface area (Å²) in [7, 11) is 0. The van der Waals surface area contributed by atoms with Crippen LogP contribution in [0.2, 0.25) is 0 Å². The molecule has 2 rings (SSSR count). The molecule has 3 atom stereocenters. The van der Waals surface area contributed by atoms with Crippen molar-refractivity contribution < 1.29 is 9.47 Å². The van der Waals surface area contributed by atoms with Crippen molar-refractivity contribution in [2.45, 2.75) is 118 Å². The number of rotatable bonds is 14. The Labute approximate surface area is 187 Å². The van der Waals surface area contributed by atoms with Gasteiger partial charge in [0, 0.05) is 0 Å². The molecular weight excluding hydrogens is 368 g/mol. The van der Waals surface area contributed by atoms with Crippen LogP contribution in [0.1, 0.15) is 111 Å². The van der Waals surface area contributed by atoms with Gasteiger partial charge in [-0.1, -0.05) is 72.6 Å². The molecule has 1 aliphatic rings. The SMILES string of the molecule is CCOc1ccc2c(c1)CC[C@@](C)(CCC[C@H](C)CCC[C@H](C)CCCC(C)C)O2. The Kier molecular flexibility index (Phi) is 10.6. The molecule has 0 amide bonds. The van der Waals surface area contributed by atoms with Crippen LogP contribution in [0.4, 0.5) is 0 Å². The molecule has 1 heterocycles. The molecule has 0 aromatic heterocycles. The van der Waals surface area contributed by atoms with Crippen LogP contribution in [-0.4, -0.2) is 12.2 Å². The lowest BCUT2D eigenvalue weighted by Crippen LogP contribution is -2.36. The molecule has 0 aliphatic carbocycles. The van der Waals surface area contributed by atoms with Crippen LogP contribution in [-0.2, 0) is 6.42 Å². The second-order valence-electron chi connectivity index (χ2n) is 10.6. The largest absolute Gasteiger partial charge is 0.494 e. The molecule has 172 valence electrons. The van der Waals surface area contributed by atoms with Crippen molar-refractivity contribution in [1.82, 2.24) is 0 Å². The molecule has 0 saturated carbocycles. The zero-order chi connectivity index (χ0) is 22.0. The highest BCUT2D eigenvalue weighted by molar-refractivity contribution is 5.42. The molecule has 0 radical (unpaired) electrons. The summed E-state index contributed by atoms with van der Waals surface area (Å²) < 4.78 is 12.1. The Morgan fingerprint density at radius 1 is 0.933 bits per heavy atom. The van der Waals surface area contributed by atoms with Crippen LogP contribution < -0.4 is 9.47 Å². The number of fused-ring (bicyclic) bond motifs is 1. The highest BCUT2D eigenvalue weighted by Crippen LogP contribution is 2.38. The zero-order valence-corrected chi connectivity index (χ0v) is 20.8. The molecule has 0 bridgehead atoms. The molecule has 2 heteroatoms. The molecule has 0 fully saturated rings. The standard InChI is InChI=1S/C28H48O2/c1-7-29-26-16-17-27-25(21-26)18-20-28(6,30-27)19-10-15-24(5)14-9-13-23(4)12-8-11-22(2)3/h16-17,21-24H,7-15,18-20H2,1-6H3/t23-,24-,28-/m1/s1. The van der Waals surface area contributed by atoms with Crippen molar-refractivity contribution in [3.05, 3.63) is 23.8 Å². The van der Waals surface area contributed by atoms with Crippen LogP contribution >= 0.6 is 0 Å². The third-order valence-electron chi connectivity index (χ3n) is 6.90. The van der Waals surface area contributed by atoms with Gasteiger partial charge in [-0.3, -0.25) is 0 Å². The summed E-state index contributed by atoms with van der Waals surface area (Å²) in [5.41, 5.74) is 1.29. The zero-order valence-electron chi connectivity index (χ0n) is 20.8. The minimum Gasteiger partial charge on any atom is -0.494 e. The van der Waals surface area contributed by atoms with E-state index in [0.29, 0.717) is 6.61 Å². The first-order valence-electron chi connectivity index (χ1n) is 12.8. The van der Waals surface area contributed by atoms with Crippen molar-refractivity contribution in [2.75, 3.05) is 6.61 Å². The molecule has 2 nitrogen and oxygen atoms in total. The lowest BCUT2D eigenvalue weighted by molar-refractivity contribution is 0.0523. The van der Waals surface area contributed by atoms with Gasteiger partial charge in [0.2, 0.25) is 0 Å². The fraction of sp³-hybridized carbons (Fsp3) is 0.786. The number of benzene rings is 1. The van der Waals surface area contributed by atoms with E-state index in [1.807, 2.05) is 13.0 Å². The van der Waals surface area contributed by atoms with Gasteiger partial charge >= 0.3 is 0 Å². The monoisotopic (exact) mass is 416 g/mol. The number of hydrogen-bond donors (Lipinski definition) is 0. The highest BCUT2D eigenvalue weighted by atomic mass is 16.5. The highest BCUT2D eigenvalue weighted by Gasteiger charge is 2.31. The van der Waals surface area contributed by atoms with Crippen molar-refractivity contribution in [3.8, 4) is 11.5 Å². The Bertz CT molecular complexity index is 609. The van der Waals surface area contributed by atoms with E-state index in [-0.39, 0.29) is 5.60 Å². The predicted molar refractivity (Wildman–Crippen MR) is 130 cm³/mol. The average Bonchev–Trinajstić information content (AvgIpc) is 2.68. The molecule has 1 aromatic rings. The molecule has 30 heavy (non-hydrogen) atoms. The topological polar surface area (TPSA) is 18.5 Å². The van der Waals surface area contributed by atoms with Crippen molar-refractivity contribution in [3.63, 3.8) is 0 Å². The summed E-state index contributed by atoms with van der Waals surface area (Å²) in [4.78, 5) is 0. The summed E-state index contributed by atoms with van der Waals surface area (Å²) in [6.45, 7) is 14.6. The maximum Gasteiger partial charge on any atom is 0.123 e. The van der Waals surface area contributed by atoms with Gasteiger partial charge in [0.15, 0.2) is 0 Å². The summed E-state index contributed by atoms with van der Waals surface area (Å²) in [5, 5.41) is 0. The summed E-state index contributed by atoms with van der Waals surface area (Å²) in [6.07, 6.45) is 14.4. The van der Waals surface area contributed by atoms with Gasteiger partial charge in [0.1, 0.15) is 17.1 Å². The van der Waals surface area contributed by atoms with E-state index in [1.54, 1.807) is 0 Å². The van der Waals surface area contributed by atoms with Crippen LogP contribution in [0.5, 0.6) is 11.5 Å². The fourth-order valence-electron chi connectivity index (χ4n) is 4.80. The lowest BCUT2D eigenvalue weighted by Gasteiger charge is -2.36. The van der Waals surface area contributed by atoms with E-state index in [9.17, 15) is 0 Å². The van der Waals surface area contributed by atoms with E-state index < -0.39 is 0 Å². The van der Waals surface area contributed by atoms with Gasteiger partial charge < -0.3 is 9.47 Å². The molecule has 1 aromatic carbocycles. The molecule has 0 saturated heterocycles. The van der Waals surface area contributed by atoms with Gasteiger partial charge in [-0.15, -0.1) is 0 Å². The van der Waals surface area contributed by atoms with E-state index in [2.05, 4.69) is 46.8 Å².